The van der Waals surface area contributed by atoms with E-state index in [2.05, 4.69) is 10.2 Å². The summed E-state index contributed by atoms with van der Waals surface area (Å²) >= 11 is 13.6. The van der Waals surface area contributed by atoms with Crippen LogP contribution in [0.2, 0.25) is 10.0 Å². The van der Waals surface area contributed by atoms with Crippen molar-refractivity contribution >= 4 is 40.9 Å². The Labute approximate surface area is 171 Å². The van der Waals surface area contributed by atoms with Crippen LogP contribution in [0.15, 0.2) is 53.7 Å². The molecule has 3 rings (SSSR count). The Morgan fingerprint density at radius 1 is 1.11 bits per heavy atom. The Kier molecular flexibility index (Phi) is 6.42. The molecule has 1 heterocycles. The molecule has 2 aromatic carbocycles. The SMILES string of the molecule is CC(C)OC(=O)CSc1nnc(-c2ccccc2Cl)n1-c1ccc(Cl)cc1. The number of hydrogen-bond acceptors (Lipinski definition) is 5. The average Bonchev–Trinajstić information content (AvgIpc) is 3.04. The first-order chi connectivity index (χ1) is 13.0. The molecule has 0 radical (unpaired) electrons. The van der Waals surface area contributed by atoms with Crippen LogP contribution in [0, 0.1) is 0 Å². The van der Waals surface area contributed by atoms with Crippen molar-refractivity contribution < 1.29 is 9.53 Å². The third kappa shape index (κ3) is 4.83. The predicted molar refractivity (Wildman–Crippen MR) is 109 cm³/mol. The first kappa shape index (κ1) is 19.7. The number of carbonyl (C=O) groups excluding carboxylic acids is 1. The zero-order valence-corrected chi connectivity index (χ0v) is 17.1. The molecule has 8 heteroatoms. The van der Waals surface area contributed by atoms with E-state index in [0.29, 0.717) is 21.0 Å². The van der Waals surface area contributed by atoms with Crippen molar-refractivity contribution in [2.45, 2.75) is 25.1 Å². The lowest BCUT2D eigenvalue weighted by Crippen LogP contribution is -2.13. The first-order valence-electron chi connectivity index (χ1n) is 8.24. The fourth-order valence-electron chi connectivity index (χ4n) is 2.42. The van der Waals surface area contributed by atoms with Crippen molar-refractivity contribution in [1.82, 2.24) is 14.8 Å². The maximum atomic E-state index is 11.9. The quantitative estimate of drug-likeness (QED) is 0.399. The minimum Gasteiger partial charge on any atom is -0.462 e. The van der Waals surface area contributed by atoms with Gasteiger partial charge < -0.3 is 4.74 Å². The number of benzene rings is 2. The number of halogens is 2. The van der Waals surface area contributed by atoms with E-state index in [1.165, 1.54) is 11.8 Å². The number of aromatic nitrogens is 3. The second-order valence-electron chi connectivity index (χ2n) is 5.93. The van der Waals surface area contributed by atoms with E-state index in [9.17, 15) is 4.79 Å². The third-order valence-electron chi connectivity index (χ3n) is 3.52. The smallest absolute Gasteiger partial charge is 0.316 e. The number of thioether (sulfide) groups is 1. The van der Waals surface area contributed by atoms with Gasteiger partial charge >= 0.3 is 5.97 Å². The van der Waals surface area contributed by atoms with Crippen LogP contribution in [-0.2, 0) is 9.53 Å². The molecule has 0 aliphatic rings. The molecule has 0 aliphatic heterocycles. The molecule has 0 spiro atoms. The minimum atomic E-state index is -0.306. The lowest BCUT2D eigenvalue weighted by Gasteiger charge is -2.12. The molecule has 3 aromatic rings. The molecule has 0 saturated heterocycles. The van der Waals surface area contributed by atoms with Gasteiger partial charge in [0.15, 0.2) is 11.0 Å². The van der Waals surface area contributed by atoms with E-state index < -0.39 is 0 Å². The van der Waals surface area contributed by atoms with Crippen LogP contribution in [0.1, 0.15) is 13.8 Å². The standard InChI is InChI=1S/C19H17Cl2N3O2S/c1-12(2)26-17(25)11-27-19-23-22-18(15-5-3-4-6-16(15)21)24(19)14-9-7-13(20)8-10-14/h3-10,12H,11H2,1-2H3. The summed E-state index contributed by atoms with van der Waals surface area (Å²) in [5, 5.41) is 10.3. The van der Waals surface area contributed by atoms with Crippen molar-refractivity contribution in [2.75, 3.05) is 5.75 Å². The molecule has 0 aliphatic carbocycles. The summed E-state index contributed by atoms with van der Waals surface area (Å²) in [6.45, 7) is 3.63. The molecule has 0 atom stereocenters. The van der Waals surface area contributed by atoms with Crippen molar-refractivity contribution in [3.05, 3.63) is 58.6 Å². The Balaban J connectivity index is 2.00. The Hall–Kier alpha value is -2.02. The van der Waals surface area contributed by atoms with Gasteiger partial charge in [0.05, 0.1) is 16.9 Å². The largest absolute Gasteiger partial charge is 0.462 e. The van der Waals surface area contributed by atoms with Crippen LogP contribution in [-0.4, -0.2) is 32.6 Å². The van der Waals surface area contributed by atoms with Crippen molar-refractivity contribution in [3.63, 3.8) is 0 Å². The maximum Gasteiger partial charge on any atom is 0.316 e. The van der Waals surface area contributed by atoms with E-state index in [-0.39, 0.29) is 17.8 Å². The molecule has 0 fully saturated rings. The zero-order chi connectivity index (χ0) is 19.4. The summed E-state index contributed by atoms with van der Waals surface area (Å²) in [6, 6.07) is 14.7. The molecule has 0 amide bonds. The topological polar surface area (TPSA) is 57.0 Å². The number of carbonyl (C=O) groups is 1. The fourth-order valence-corrected chi connectivity index (χ4v) is 3.50. The van der Waals surface area contributed by atoms with E-state index in [4.69, 9.17) is 27.9 Å². The molecule has 5 nitrogen and oxygen atoms in total. The summed E-state index contributed by atoms with van der Waals surface area (Å²) in [4.78, 5) is 11.9. The molecule has 0 saturated carbocycles. The van der Waals surface area contributed by atoms with Crippen molar-refractivity contribution in [1.29, 1.82) is 0 Å². The third-order valence-corrected chi connectivity index (χ3v) is 5.00. The molecule has 27 heavy (non-hydrogen) atoms. The summed E-state index contributed by atoms with van der Waals surface area (Å²) in [7, 11) is 0. The van der Waals surface area contributed by atoms with Crippen LogP contribution >= 0.6 is 35.0 Å². The minimum absolute atomic E-state index is 0.131. The zero-order valence-electron chi connectivity index (χ0n) is 14.7. The molecule has 0 bridgehead atoms. The lowest BCUT2D eigenvalue weighted by atomic mass is 10.2. The van der Waals surface area contributed by atoms with Crippen LogP contribution in [0.5, 0.6) is 0 Å². The highest BCUT2D eigenvalue weighted by Crippen LogP contribution is 2.32. The number of nitrogens with zero attached hydrogens (tertiary/aromatic N) is 3. The molecule has 0 N–H and O–H groups in total. The second-order valence-corrected chi connectivity index (χ2v) is 7.71. The highest BCUT2D eigenvalue weighted by atomic mass is 35.5. The number of esters is 1. The van der Waals surface area contributed by atoms with E-state index in [1.807, 2.05) is 48.7 Å². The number of rotatable bonds is 6. The Morgan fingerprint density at radius 2 is 1.81 bits per heavy atom. The van der Waals surface area contributed by atoms with Crippen molar-refractivity contribution in [2.24, 2.45) is 0 Å². The molecule has 1 aromatic heterocycles. The van der Waals surface area contributed by atoms with Gasteiger partial charge in [0.25, 0.3) is 0 Å². The van der Waals surface area contributed by atoms with Gasteiger partial charge in [-0.3, -0.25) is 9.36 Å². The van der Waals surface area contributed by atoms with Gasteiger partial charge in [-0.1, -0.05) is 47.1 Å². The number of ether oxygens (including phenoxy) is 1. The molecular formula is C19H17Cl2N3O2S. The summed E-state index contributed by atoms with van der Waals surface area (Å²) in [6.07, 6.45) is -0.161. The lowest BCUT2D eigenvalue weighted by molar-refractivity contribution is -0.144. The number of hydrogen-bond donors (Lipinski definition) is 0. The van der Waals surface area contributed by atoms with Gasteiger partial charge in [0.1, 0.15) is 0 Å². The highest BCUT2D eigenvalue weighted by Gasteiger charge is 2.19. The molecule has 0 unspecified atom stereocenters. The Bertz CT molecular complexity index is 942. The first-order valence-corrected chi connectivity index (χ1v) is 9.98. The van der Waals surface area contributed by atoms with Gasteiger partial charge in [-0.05, 0) is 50.2 Å². The Morgan fingerprint density at radius 3 is 2.48 bits per heavy atom. The average molecular weight is 422 g/mol. The predicted octanol–water partition coefficient (Wildman–Crippen LogP) is 5.28. The van der Waals surface area contributed by atoms with Crippen LogP contribution in [0.4, 0.5) is 0 Å². The van der Waals surface area contributed by atoms with Crippen LogP contribution in [0.25, 0.3) is 17.1 Å². The van der Waals surface area contributed by atoms with Crippen molar-refractivity contribution in [3.8, 4) is 17.1 Å². The highest BCUT2D eigenvalue weighted by molar-refractivity contribution is 7.99. The second kappa shape index (κ2) is 8.78. The fraction of sp³-hybridized carbons (Fsp3) is 0.211. The van der Waals surface area contributed by atoms with E-state index in [1.54, 1.807) is 18.2 Å². The van der Waals surface area contributed by atoms with Gasteiger partial charge in [-0.25, -0.2) is 0 Å². The summed E-state index contributed by atoms with van der Waals surface area (Å²) in [5.41, 5.74) is 1.57. The molecular weight excluding hydrogens is 405 g/mol. The van der Waals surface area contributed by atoms with E-state index in [0.717, 1.165) is 11.3 Å². The normalized spacial score (nSPS) is 11.0. The van der Waals surface area contributed by atoms with Gasteiger partial charge in [-0.15, -0.1) is 10.2 Å². The van der Waals surface area contributed by atoms with Gasteiger partial charge in [-0.2, -0.15) is 0 Å². The van der Waals surface area contributed by atoms with Gasteiger partial charge in [0.2, 0.25) is 0 Å². The van der Waals surface area contributed by atoms with Gasteiger partial charge in [0, 0.05) is 16.3 Å². The summed E-state index contributed by atoms with van der Waals surface area (Å²) in [5.74, 6) is 0.412. The summed E-state index contributed by atoms with van der Waals surface area (Å²) < 4.78 is 7.04. The molecule has 140 valence electrons. The van der Waals surface area contributed by atoms with E-state index >= 15 is 0 Å². The van der Waals surface area contributed by atoms with Crippen LogP contribution < -0.4 is 0 Å². The monoisotopic (exact) mass is 421 g/mol. The van der Waals surface area contributed by atoms with Crippen LogP contribution in [0.3, 0.4) is 0 Å². The maximum absolute atomic E-state index is 11.9.